The number of carbonyl (C=O) groups excluding carboxylic acids is 1. The Morgan fingerprint density at radius 2 is 1.94 bits per heavy atom. The smallest absolute Gasteiger partial charge is 0.242 e. The van der Waals surface area contributed by atoms with Crippen LogP contribution in [-0.4, -0.2) is 58.0 Å². The van der Waals surface area contributed by atoms with Crippen molar-refractivity contribution in [1.82, 2.24) is 19.8 Å². The van der Waals surface area contributed by atoms with E-state index >= 15 is 0 Å². The molecule has 0 bridgehead atoms. The molecule has 2 aromatic carbocycles. The summed E-state index contributed by atoms with van der Waals surface area (Å²) < 4.78 is 5.63. The number of hydrogen-bond acceptors (Lipinski definition) is 6. The van der Waals surface area contributed by atoms with E-state index in [9.17, 15) is 4.79 Å². The molecule has 3 heterocycles. The number of methoxy groups -OCH3 is 1. The number of nitrogens with two attached hydrogens (primary N) is 1. The summed E-state index contributed by atoms with van der Waals surface area (Å²) in [5.41, 5.74) is 9.53. The number of benzene rings is 2. The Bertz CT molecular complexity index is 1390. The summed E-state index contributed by atoms with van der Waals surface area (Å²) in [5, 5.41) is 3.68. The van der Waals surface area contributed by atoms with Crippen LogP contribution in [0, 0.1) is 0 Å². The molecule has 8 heteroatoms. The summed E-state index contributed by atoms with van der Waals surface area (Å²) in [7, 11) is 1.65. The van der Waals surface area contributed by atoms with Crippen LogP contribution in [0.25, 0.3) is 21.7 Å². The summed E-state index contributed by atoms with van der Waals surface area (Å²) in [6.07, 6.45) is 3.28. The predicted octanol–water partition coefficient (Wildman–Crippen LogP) is 4.27. The molecule has 1 aliphatic heterocycles. The SMILES string of the molecule is CO[C@H](C)[C@H]1C(=O)N(Cc2ccc3c(N)ccnc3c2)CCN1Cc1cc2ccc(Cl)cc2cn1. The number of fused-ring (bicyclic) bond motifs is 2. The molecule has 1 aliphatic rings. The van der Waals surface area contributed by atoms with E-state index in [-0.39, 0.29) is 12.0 Å². The Balaban J connectivity index is 1.36. The molecule has 1 amide bonds. The minimum Gasteiger partial charge on any atom is -0.398 e. The Labute approximate surface area is 209 Å². The van der Waals surface area contributed by atoms with Crippen molar-refractivity contribution in [3.8, 4) is 0 Å². The van der Waals surface area contributed by atoms with Gasteiger partial charge in [0.05, 0.1) is 17.3 Å². The molecule has 0 unspecified atom stereocenters. The third-order valence-corrected chi connectivity index (χ3v) is 6.99. The Kier molecular flexibility index (Phi) is 6.56. The number of pyridine rings is 2. The highest BCUT2D eigenvalue weighted by atomic mass is 35.5. The third kappa shape index (κ3) is 4.80. The summed E-state index contributed by atoms with van der Waals surface area (Å²) in [6, 6.07) is 15.2. The molecule has 2 aromatic heterocycles. The first-order valence-electron chi connectivity index (χ1n) is 11.7. The highest BCUT2D eigenvalue weighted by Gasteiger charge is 2.38. The van der Waals surface area contributed by atoms with Gasteiger partial charge < -0.3 is 15.4 Å². The number of piperazine rings is 1. The van der Waals surface area contributed by atoms with Crippen LogP contribution in [0.1, 0.15) is 18.2 Å². The van der Waals surface area contributed by atoms with Crippen molar-refractivity contribution in [3.63, 3.8) is 0 Å². The van der Waals surface area contributed by atoms with Crippen molar-refractivity contribution in [2.45, 2.75) is 32.2 Å². The maximum absolute atomic E-state index is 13.6. The standard InChI is InChI=1S/C27H28ClN5O2/c1-17(35-2)26-27(34)33(15-18-3-6-23-24(29)7-8-30-25(23)11-18)10-9-32(26)16-22-13-19-4-5-21(28)12-20(19)14-31-22/h3-8,11-14,17,26H,9-10,15-16H2,1-2H3,(H2,29,30)/t17-,26+/m1/s1. The Hall–Kier alpha value is -3.26. The van der Waals surface area contributed by atoms with Gasteiger partial charge in [0.2, 0.25) is 5.91 Å². The lowest BCUT2D eigenvalue weighted by Gasteiger charge is -2.42. The van der Waals surface area contributed by atoms with E-state index in [1.807, 2.05) is 54.4 Å². The van der Waals surface area contributed by atoms with Crippen LogP contribution in [0.15, 0.2) is 60.9 Å². The minimum absolute atomic E-state index is 0.0544. The molecule has 0 aliphatic carbocycles. The van der Waals surface area contributed by atoms with Crippen molar-refractivity contribution >= 4 is 44.9 Å². The molecule has 2 N–H and O–H groups in total. The van der Waals surface area contributed by atoms with Crippen molar-refractivity contribution in [2.75, 3.05) is 25.9 Å². The van der Waals surface area contributed by atoms with Crippen LogP contribution >= 0.6 is 11.6 Å². The van der Waals surface area contributed by atoms with E-state index in [0.29, 0.717) is 30.3 Å². The van der Waals surface area contributed by atoms with Crippen molar-refractivity contribution in [1.29, 1.82) is 0 Å². The van der Waals surface area contributed by atoms with Gasteiger partial charge in [-0.2, -0.15) is 0 Å². The topological polar surface area (TPSA) is 84.6 Å². The second-order valence-corrected chi connectivity index (χ2v) is 9.47. The number of hydrogen-bond donors (Lipinski definition) is 1. The third-order valence-electron chi connectivity index (χ3n) is 6.75. The van der Waals surface area contributed by atoms with Gasteiger partial charge in [0.25, 0.3) is 0 Å². The van der Waals surface area contributed by atoms with E-state index in [4.69, 9.17) is 22.1 Å². The highest BCUT2D eigenvalue weighted by molar-refractivity contribution is 6.31. The number of halogens is 1. The van der Waals surface area contributed by atoms with Gasteiger partial charge >= 0.3 is 0 Å². The van der Waals surface area contributed by atoms with Crippen LogP contribution < -0.4 is 5.73 Å². The van der Waals surface area contributed by atoms with Gasteiger partial charge in [0.1, 0.15) is 6.04 Å². The zero-order valence-corrected chi connectivity index (χ0v) is 20.6. The van der Waals surface area contributed by atoms with Gasteiger partial charge in [-0.1, -0.05) is 29.8 Å². The number of anilines is 1. The van der Waals surface area contributed by atoms with Crippen molar-refractivity contribution in [2.24, 2.45) is 0 Å². The van der Waals surface area contributed by atoms with Crippen LogP contribution in [0.2, 0.25) is 5.02 Å². The van der Waals surface area contributed by atoms with Crippen LogP contribution in [0.4, 0.5) is 5.69 Å². The second-order valence-electron chi connectivity index (χ2n) is 9.03. The zero-order chi connectivity index (χ0) is 24.5. The largest absolute Gasteiger partial charge is 0.398 e. The molecule has 0 spiro atoms. The summed E-state index contributed by atoms with van der Waals surface area (Å²) >= 11 is 6.11. The first kappa shape index (κ1) is 23.5. The fourth-order valence-electron chi connectivity index (χ4n) is 4.79. The number of aromatic nitrogens is 2. The number of rotatable bonds is 6. The van der Waals surface area contributed by atoms with Crippen molar-refractivity contribution in [3.05, 3.63) is 77.2 Å². The lowest BCUT2D eigenvalue weighted by molar-refractivity contribution is -0.149. The van der Waals surface area contributed by atoms with Crippen LogP contribution in [-0.2, 0) is 22.6 Å². The average molecular weight is 490 g/mol. The lowest BCUT2D eigenvalue weighted by Crippen LogP contribution is -2.60. The predicted molar refractivity (Wildman–Crippen MR) is 139 cm³/mol. The minimum atomic E-state index is -0.398. The van der Waals surface area contributed by atoms with E-state index in [1.165, 1.54) is 0 Å². The molecule has 7 nitrogen and oxygen atoms in total. The number of nitrogens with zero attached hydrogens (tertiary/aromatic N) is 4. The normalized spacial score (nSPS) is 17.9. The fourth-order valence-corrected chi connectivity index (χ4v) is 4.97. The zero-order valence-electron chi connectivity index (χ0n) is 19.8. The van der Waals surface area contributed by atoms with E-state index < -0.39 is 6.04 Å². The van der Waals surface area contributed by atoms with Crippen LogP contribution in [0.3, 0.4) is 0 Å². The quantitative estimate of drug-likeness (QED) is 0.435. The van der Waals surface area contributed by atoms with Gasteiger partial charge in [0.15, 0.2) is 0 Å². The molecular weight excluding hydrogens is 462 g/mol. The summed E-state index contributed by atoms with van der Waals surface area (Å²) in [6.45, 7) is 4.37. The molecule has 4 aromatic rings. The van der Waals surface area contributed by atoms with E-state index in [2.05, 4.69) is 20.9 Å². The summed E-state index contributed by atoms with van der Waals surface area (Å²) in [4.78, 5) is 26.8. The van der Waals surface area contributed by atoms with Gasteiger partial charge in [0, 0.05) is 67.2 Å². The Morgan fingerprint density at radius 3 is 2.77 bits per heavy atom. The van der Waals surface area contributed by atoms with E-state index in [1.54, 1.807) is 19.4 Å². The molecule has 5 rings (SSSR count). The molecule has 0 saturated carbocycles. The van der Waals surface area contributed by atoms with Gasteiger partial charge in [-0.05, 0) is 48.2 Å². The number of nitrogen functional groups attached to an aromatic ring is 1. The second kappa shape index (κ2) is 9.77. The Morgan fingerprint density at radius 1 is 1.09 bits per heavy atom. The molecule has 35 heavy (non-hydrogen) atoms. The molecule has 1 fully saturated rings. The first-order chi connectivity index (χ1) is 16.9. The number of ether oxygens (including phenoxy) is 1. The highest BCUT2D eigenvalue weighted by Crippen LogP contribution is 2.25. The number of amides is 1. The number of carbonyl (C=O) groups is 1. The van der Waals surface area contributed by atoms with Gasteiger partial charge in [-0.3, -0.25) is 19.7 Å². The molecule has 0 radical (unpaired) electrons. The summed E-state index contributed by atoms with van der Waals surface area (Å²) in [5.74, 6) is 0.0544. The molecule has 180 valence electrons. The van der Waals surface area contributed by atoms with Crippen LogP contribution in [0.5, 0.6) is 0 Å². The lowest BCUT2D eigenvalue weighted by atomic mass is 10.0. The fraction of sp³-hybridized carbons (Fsp3) is 0.296. The van der Waals surface area contributed by atoms with Gasteiger partial charge in [-0.15, -0.1) is 0 Å². The average Bonchev–Trinajstić information content (AvgIpc) is 2.85. The first-order valence-corrected chi connectivity index (χ1v) is 12.0. The van der Waals surface area contributed by atoms with Crippen molar-refractivity contribution < 1.29 is 9.53 Å². The monoisotopic (exact) mass is 489 g/mol. The van der Waals surface area contributed by atoms with E-state index in [0.717, 1.165) is 39.5 Å². The molecular formula is C27H28ClN5O2. The maximum Gasteiger partial charge on any atom is 0.242 e. The molecule has 2 atom stereocenters. The molecule has 1 saturated heterocycles. The maximum atomic E-state index is 13.6. The van der Waals surface area contributed by atoms with Gasteiger partial charge in [-0.25, -0.2) is 0 Å².